The van der Waals surface area contributed by atoms with Crippen molar-refractivity contribution in [1.82, 2.24) is 24.6 Å². The fraction of sp³-hybridized carbons (Fsp3) is 0.333. The Bertz CT molecular complexity index is 1430. The molecule has 3 heterocycles. The number of fused-ring (bicyclic) bond motifs is 1. The van der Waals surface area contributed by atoms with Crippen LogP contribution in [-0.4, -0.2) is 43.6 Å². The second-order valence-corrected chi connectivity index (χ2v) is 9.91. The van der Waals surface area contributed by atoms with Gasteiger partial charge < -0.3 is 4.90 Å². The van der Waals surface area contributed by atoms with Crippen molar-refractivity contribution in [3.8, 4) is 16.8 Å². The molecule has 0 radical (unpaired) electrons. The summed E-state index contributed by atoms with van der Waals surface area (Å²) in [5, 5.41) is 8.04. The lowest BCUT2D eigenvalue weighted by Gasteiger charge is -2.20. The molecule has 6 rings (SSSR count). The van der Waals surface area contributed by atoms with Crippen LogP contribution in [0.3, 0.4) is 0 Å². The molecule has 1 amide bonds. The van der Waals surface area contributed by atoms with Crippen LogP contribution in [0.25, 0.3) is 27.7 Å². The SMILES string of the molecule is CC1(C(=O)N2CC[C@@H](Cc3n[nH]c(=O)n3-c3ccc(-c4ccc5cccnc5c4)cc3)C2)CC1. The maximum Gasteiger partial charge on any atom is 0.347 e. The number of H-pyrrole nitrogens is 1. The van der Waals surface area contributed by atoms with Crippen LogP contribution >= 0.6 is 0 Å². The number of benzene rings is 2. The minimum Gasteiger partial charge on any atom is -0.342 e. The van der Waals surface area contributed by atoms with Crippen LogP contribution in [0.2, 0.25) is 0 Å². The molecule has 7 heteroatoms. The van der Waals surface area contributed by atoms with Gasteiger partial charge in [-0.1, -0.05) is 37.3 Å². The Morgan fingerprint density at radius 2 is 1.91 bits per heavy atom. The van der Waals surface area contributed by atoms with Crippen molar-refractivity contribution < 1.29 is 4.79 Å². The van der Waals surface area contributed by atoms with E-state index in [0.29, 0.717) is 18.2 Å². The molecule has 1 saturated heterocycles. The number of hydrogen-bond donors (Lipinski definition) is 1. The van der Waals surface area contributed by atoms with Crippen molar-refractivity contribution in [2.75, 3.05) is 13.1 Å². The monoisotopic (exact) mass is 453 g/mol. The number of hydrogen-bond acceptors (Lipinski definition) is 4. The van der Waals surface area contributed by atoms with E-state index in [1.165, 1.54) is 0 Å². The van der Waals surface area contributed by atoms with Crippen molar-refractivity contribution in [2.24, 2.45) is 11.3 Å². The van der Waals surface area contributed by atoms with Crippen LogP contribution in [-0.2, 0) is 11.2 Å². The van der Waals surface area contributed by atoms with Gasteiger partial charge in [0.1, 0.15) is 5.82 Å². The predicted molar refractivity (Wildman–Crippen MR) is 131 cm³/mol. The number of nitrogens with zero attached hydrogens (tertiary/aromatic N) is 4. The molecule has 2 aliphatic rings. The number of aromatic nitrogens is 4. The quantitative estimate of drug-likeness (QED) is 0.496. The minimum atomic E-state index is -0.242. The van der Waals surface area contributed by atoms with Crippen LogP contribution < -0.4 is 5.69 Å². The summed E-state index contributed by atoms with van der Waals surface area (Å²) in [6.45, 7) is 3.60. The smallest absolute Gasteiger partial charge is 0.342 e. The minimum absolute atomic E-state index is 0.133. The molecule has 2 aromatic heterocycles. The van der Waals surface area contributed by atoms with Crippen molar-refractivity contribution in [3.05, 3.63) is 77.1 Å². The highest BCUT2D eigenvalue weighted by Crippen LogP contribution is 2.47. The lowest BCUT2D eigenvalue weighted by atomic mass is 10.0. The van der Waals surface area contributed by atoms with Gasteiger partial charge in [-0.2, -0.15) is 5.10 Å². The Morgan fingerprint density at radius 3 is 2.71 bits per heavy atom. The Kier molecular flexibility index (Phi) is 4.86. The Hall–Kier alpha value is -3.74. The first-order valence-electron chi connectivity index (χ1n) is 11.9. The number of likely N-dealkylation sites (tertiary alicyclic amines) is 1. The van der Waals surface area contributed by atoms with Gasteiger partial charge in [0.15, 0.2) is 0 Å². The maximum absolute atomic E-state index is 12.7. The van der Waals surface area contributed by atoms with Crippen molar-refractivity contribution >= 4 is 16.8 Å². The van der Waals surface area contributed by atoms with Gasteiger partial charge in [-0.25, -0.2) is 14.5 Å². The average molecular weight is 454 g/mol. The summed E-state index contributed by atoms with van der Waals surface area (Å²) in [5.74, 6) is 1.31. The van der Waals surface area contributed by atoms with Crippen LogP contribution in [0.5, 0.6) is 0 Å². The van der Waals surface area contributed by atoms with E-state index in [9.17, 15) is 9.59 Å². The number of carbonyl (C=O) groups excluding carboxylic acids is 1. The molecule has 0 spiro atoms. The van der Waals surface area contributed by atoms with Gasteiger partial charge in [-0.05, 0) is 60.6 Å². The summed E-state index contributed by atoms with van der Waals surface area (Å²) < 4.78 is 1.65. The van der Waals surface area contributed by atoms with Crippen LogP contribution in [0, 0.1) is 11.3 Å². The van der Waals surface area contributed by atoms with E-state index in [-0.39, 0.29) is 17.0 Å². The van der Waals surface area contributed by atoms with E-state index in [4.69, 9.17) is 0 Å². The van der Waals surface area contributed by atoms with Crippen molar-refractivity contribution in [2.45, 2.75) is 32.6 Å². The highest BCUT2D eigenvalue weighted by Gasteiger charge is 2.48. The molecule has 34 heavy (non-hydrogen) atoms. The van der Waals surface area contributed by atoms with Crippen LogP contribution in [0.15, 0.2) is 65.6 Å². The molecular weight excluding hydrogens is 426 g/mol. The van der Waals surface area contributed by atoms with Gasteiger partial charge in [-0.15, -0.1) is 0 Å². The summed E-state index contributed by atoms with van der Waals surface area (Å²) >= 11 is 0. The molecular formula is C27H27N5O2. The normalized spacial score (nSPS) is 19.0. The van der Waals surface area contributed by atoms with Gasteiger partial charge in [0.25, 0.3) is 0 Å². The number of carbonyl (C=O) groups is 1. The molecule has 2 fully saturated rings. The maximum atomic E-state index is 12.7. The van der Waals surface area contributed by atoms with E-state index in [1.807, 2.05) is 41.3 Å². The van der Waals surface area contributed by atoms with Gasteiger partial charge in [0.05, 0.1) is 11.2 Å². The van der Waals surface area contributed by atoms with Gasteiger partial charge in [-0.3, -0.25) is 9.78 Å². The number of pyridine rings is 1. The molecule has 1 N–H and O–H groups in total. The summed E-state index contributed by atoms with van der Waals surface area (Å²) in [6.07, 6.45) is 5.40. The highest BCUT2D eigenvalue weighted by atomic mass is 16.2. The zero-order chi connectivity index (χ0) is 23.3. The second-order valence-electron chi connectivity index (χ2n) is 9.91. The largest absolute Gasteiger partial charge is 0.347 e. The fourth-order valence-corrected chi connectivity index (χ4v) is 5.01. The lowest BCUT2D eigenvalue weighted by Crippen LogP contribution is -2.34. The lowest BCUT2D eigenvalue weighted by molar-refractivity contribution is -0.135. The average Bonchev–Trinajstić information content (AvgIpc) is 3.28. The molecule has 172 valence electrons. The third-order valence-corrected chi connectivity index (χ3v) is 7.37. The van der Waals surface area contributed by atoms with Crippen molar-refractivity contribution in [1.29, 1.82) is 0 Å². The molecule has 2 aromatic carbocycles. The third-order valence-electron chi connectivity index (χ3n) is 7.37. The first-order chi connectivity index (χ1) is 16.5. The topological polar surface area (TPSA) is 83.9 Å². The first kappa shape index (κ1) is 20.8. The Labute approximate surface area is 197 Å². The zero-order valence-corrected chi connectivity index (χ0v) is 19.2. The zero-order valence-electron chi connectivity index (χ0n) is 19.2. The first-order valence-corrected chi connectivity index (χ1v) is 11.9. The van der Waals surface area contributed by atoms with E-state index in [2.05, 4.69) is 40.3 Å². The second kappa shape index (κ2) is 7.94. The molecule has 7 nitrogen and oxygen atoms in total. The standard InChI is InChI=1S/C27H27N5O2/c1-27(11-12-27)25(33)31-14-10-18(17-31)15-24-29-30-26(34)32(24)22-8-6-19(7-9-22)21-5-4-20-3-2-13-28-23(20)16-21/h2-9,13,16,18H,10-12,14-15,17H2,1H3,(H,30,34)/t18-/m0/s1. The number of rotatable bonds is 5. The molecule has 1 atom stereocenters. The van der Waals surface area contributed by atoms with Gasteiger partial charge >= 0.3 is 5.69 Å². The van der Waals surface area contributed by atoms with Crippen LogP contribution in [0.1, 0.15) is 32.0 Å². The number of nitrogens with one attached hydrogen (secondary N) is 1. The fourth-order valence-electron chi connectivity index (χ4n) is 5.01. The van der Waals surface area contributed by atoms with E-state index in [1.54, 1.807) is 10.8 Å². The van der Waals surface area contributed by atoms with E-state index >= 15 is 0 Å². The highest BCUT2D eigenvalue weighted by molar-refractivity contribution is 5.85. The number of amides is 1. The molecule has 0 bridgehead atoms. The molecule has 0 unspecified atom stereocenters. The summed E-state index contributed by atoms with van der Waals surface area (Å²) in [5.41, 5.74) is 3.51. The van der Waals surface area contributed by atoms with Gasteiger partial charge in [0, 0.05) is 36.5 Å². The van der Waals surface area contributed by atoms with Crippen molar-refractivity contribution in [3.63, 3.8) is 0 Å². The predicted octanol–water partition coefficient (Wildman–Crippen LogP) is 3.97. The Balaban J connectivity index is 1.21. The third kappa shape index (κ3) is 3.71. The number of aromatic amines is 1. The molecule has 1 aliphatic carbocycles. The summed E-state index contributed by atoms with van der Waals surface area (Å²) in [6, 6.07) is 18.2. The Morgan fingerprint density at radius 1 is 1.12 bits per heavy atom. The molecule has 1 aliphatic heterocycles. The molecule has 1 saturated carbocycles. The van der Waals surface area contributed by atoms with E-state index < -0.39 is 0 Å². The molecule has 4 aromatic rings. The summed E-state index contributed by atoms with van der Waals surface area (Å²) in [4.78, 5) is 31.7. The van der Waals surface area contributed by atoms with E-state index in [0.717, 1.165) is 60.1 Å². The van der Waals surface area contributed by atoms with Gasteiger partial charge in [0.2, 0.25) is 5.91 Å². The van der Waals surface area contributed by atoms with Crippen LogP contribution in [0.4, 0.5) is 0 Å². The summed E-state index contributed by atoms with van der Waals surface area (Å²) in [7, 11) is 0.